The van der Waals surface area contributed by atoms with Crippen LogP contribution >= 0.6 is 23.1 Å². The number of hydrogen-bond acceptors (Lipinski definition) is 6. The highest BCUT2D eigenvalue weighted by Crippen LogP contribution is 2.50. The molecule has 3 heterocycles. The van der Waals surface area contributed by atoms with Crippen molar-refractivity contribution >= 4 is 28.8 Å². The number of benzene rings is 1. The van der Waals surface area contributed by atoms with Gasteiger partial charge in [0.05, 0.1) is 16.6 Å². The van der Waals surface area contributed by atoms with Crippen molar-refractivity contribution in [3.05, 3.63) is 48.4 Å². The van der Waals surface area contributed by atoms with E-state index in [2.05, 4.69) is 4.98 Å². The number of aromatic amines is 1. The summed E-state index contributed by atoms with van der Waals surface area (Å²) in [6, 6.07) is 4.69. The number of H-pyrrole nitrogens is 1. The van der Waals surface area contributed by atoms with Crippen LogP contribution in [0, 0.1) is 16.0 Å². The molecule has 0 spiro atoms. The van der Waals surface area contributed by atoms with Gasteiger partial charge >= 0.3 is 4.87 Å². The first-order valence-electron chi connectivity index (χ1n) is 6.40. The van der Waals surface area contributed by atoms with Crippen LogP contribution < -0.4 is 9.61 Å². The number of nitrogens with one attached hydrogen (secondary N) is 1. The highest BCUT2D eigenvalue weighted by atomic mass is 32.2. The summed E-state index contributed by atoms with van der Waals surface area (Å²) in [4.78, 5) is 26.0. The van der Waals surface area contributed by atoms with Crippen LogP contribution in [0.3, 0.4) is 0 Å². The molecular formula is C13H10N2O4S2. The maximum Gasteiger partial charge on any atom is 0.305 e. The zero-order valence-electron chi connectivity index (χ0n) is 10.7. The highest BCUT2D eigenvalue weighted by Gasteiger charge is 2.39. The Kier molecular flexibility index (Phi) is 2.83. The number of rotatable bonds is 1. The van der Waals surface area contributed by atoms with E-state index in [0.29, 0.717) is 12.4 Å². The van der Waals surface area contributed by atoms with Crippen molar-refractivity contribution in [1.29, 1.82) is 0 Å². The SMILES string of the molecule is O=c1[nH]c2c(s1)[C@H]1c3cc([N+](=O)[O-])ccc3OC[C@H]1CS2. The number of thiazole rings is 1. The third-order valence-electron chi connectivity index (χ3n) is 3.83. The van der Waals surface area contributed by atoms with E-state index < -0.39 is 4.92 Å². The van der Waals surface area contributed by atoms with Gasteiger partial charge in [0.25, 0.3) is 5.69 Å². The van der Waals surface area contributed by atoms with Crippen LogP contribution in [0.4, 0.5) is 5.69 Å². The molecule has 0 radical (unpaired) electrons. The number of aromatic nitrogens is 1. The first-order chi connectivity index (χ1) is 10.1. The normalized spacial score (nSPS) is 22.7. The zero-order chi connectivity index (χ0) is 14.6. The summed E-state index contributed by atoms with van der Waals surface area (Å²) in [6.07, 6.45) is 0. The molecule has 0 fully saturated rings. The monoisotopic (exact) mass is 322 g/mol. The van der Waals surface area contributed by atoms with Crippen LogP contribution in [-0.2, 0) is 0 Å². The van der Waals surface area contributed by atoms with E-state index in [1.54, 1.807) is 23.9 Å². The Hall–Kier alpha value is -1.80. The van der Waals surface area contributed by atoms with Gasteiger partial charge in [0.1, 0.15) is 5.75 Å². The Balaban J connectivity index is 1.91. The Morgan fingerprint density at radius 2 is 2.29 bits per heavy atom. The minimum Gasteiger partial charge on any atom is -0.493 e. The molecule has 0 unspecified atom stereocenters. The van der Waals surface area contributed by atoms with Crippen LogP contribution in [0.1, 0.15) is 16.4 Å². The number of nitro benzene ring substituents is 1. The molecule has 21 heavy (non-hydrogen) atoms. The second-order valence-electron chi connectivity index (χ2n) is 5.05. The van der Waals surface area contributed by atoms with Crippen molar-refractivity contribution in [3.8, 4) is 5.75 Å². The second kappa shape index (κ2) is 4.60. The molecule has 1 aromatic carbocycles. The molecule has 2 atom stereocenters. The van der Waals surface area contributed by atoms with Crippen molar-refractivity contribution in [2.75, 3.05) is 12.4 Å². The average Bonchev–Trinajstić information content (AvgIpc) is 2.86. The van der Waals surface area contributed by atoms with E-state index >= 15 is 0 Å². The predicted octanol–water partition coefficient (Wildman–Crippen LogP) is 2.59. The van der Waals surface area contributed by atoms with Crippen molar-refractivity contribution in [3.63, 3.8) is 0 Å². The fourth-order valence-corrected chi connectivity index (χ4v) is 5.31. The molecule has 2 aliphatic heterocycles. The predicted molar refractivity (Wildman–Crippen MR) is 79.6 cm³/mol. The lowest BCUT2D eigenvalue weighted by Crippen LogP contribution is -2.30. The molecule has 8 heteroatoms. The second-order valence-corrected chi connectivity index (χ2v) is 7.09. The Labute approximate surface area is 127 Å². The van der Waals surface area contributed by atoms with Gasteiger partial charge in [-0.25, -0.2) is 0 Å². The van der Waals surface area contributed by atoms with Crippen LogP contribution in [-0.4, -0.2) is 22.3 Å². The molecule has 0 bridgehead atoms. The molecule has 6 nitrogen and oxygen atoms in total. The molecule has 0 saturated carbocycles. The summed E-state index contributed by atoms with van der Waals surface area (Å²) in [6.45, 7) is 0.577. The molecule has 1 aromatic heterocycles. The van der Waals surface area contributed by atoms with Crippen molar-refractivity contribution < 1.29 is 9.66 Å². The lowest BCUT2D eigenvalue weighted by molar-refractivity contribution is -0.385. The summed E-state index contributed by atoms with van der Waals surface area (Å²) in [5.41, 5.74) is 0.873. The van der Waals surface area contributed by atoms with Gasteiger partial charge in [-0.3, -0.25) is 14.9 Å². The van der Waals surface area contributed by atoms with Gasteiger partial charge < -0.3 is 9.72 Å². The third-order valence-corrected chi connectivity index (χ3v) is 6.13. The maximum absolute atomic E-state index is 11.6. The fourth-order valence-electron chi connectivity index (χ4n) is 2.90. The van der Waals surface area contributed by atoms with Gasteiger partial charge in [0, 0.05) is 40.2 Å². The number of fused-ring (bicyclic) bond motifs is 5. The molecule has 1 N–H and O–H groups in total. The third kappa shape index (κ3) is 1.97. The minimum atomic E-state index is -0.401. The molecule has 4 rings (SSSR count). The molecule has 2 aliphatic rings. The molecule has 0 saturated heterocycles. The summed E-state index contributed by atoms with van der Waals surface area (Å²) in [5.74, 6) is 1.77. The summed E-state index contributed by atoms with van der Waals surface area (Å²) >= 11 is 2.82. The number of hydrogen-bond donors (Lipinski definition) is 1. The Morgan fingerprint density at radius 1 is 1.43 bits per heavy atom. The van der Waals surface area contributed by atoms with Gasteiger partial charge in [-0.2, -0.15) is 0 Å². The lowest BCUT2D eigenvalue weighted by atomic mass is 9.83. The van der Waals surface area contributed by atoms with Crippen molar-refractivity contribution in [2.45, 2.75) is 10.9 Å². The van der Waals surface area contributed by atoms with E-state index in [1.807, 2.05) is 0 Å². The van der Waals surface area contributed by atoms with E-state index in [1.165, 1.54) is 17.4 Å². The standard InChI is InChI=1S/C13H10N2O4S2/c16-13-14-12-11(21-13)10-6(5-20-12)4-19-9-2-1-7(15(17)18)3-8(9)10/h1-3,6,10H,4-5H2,(H,14,16)/t6-,10+/m0/s1. The van der Waals surface area contributed by atoms with Gasteiger partial charge in [-0.15, -0.1) is 11.8 Å². The first kappa shape index (κ1) is 12.9. The maximum atomic E-state index is 11.6. The molecule has 0 amide bonds. The van der Waals surface area contributed by atoms with E-state index in [0.717, 1.165) is 21.2 Å². The number of nitro groups is 1. The van der Waals surface area contributed by atoms with E-state index in [9.17, 15) is 14.9 Å². The van der Waals surface area contributed by atoms with Gasteiger partial charge in [-0.05, 0) is 6.07 Å². The smallest absolute Gasteiger partial charge is 0.305 e. The van der Waals surface area contributed by atoms with Crippen LogP contribution in [0.15, 0.2) is 28.0 Å². The Morgan fingerprint density at radius 3 is 3.10 bits per heavy atom. The van der Waals surface area contributed by atoms with E-state index in [-0.39, 0.29) is 22.4 Å². The number of ether oxygens (including phenoxy) is 1. The van der Waals surface area contributed by atoms with Gasteiger partial charge in [-0.1, -0.05) is 11.3 Å². The van der Waals surface area contributed by atoms with Crippen molar-refractivity contribution in [1.82, 2.24) is 4.98 Å². The van der Waals surface area contributed by atoms with E-state index in [4.69, 9.17) is 4.74 Å². The molecule has 0 aliphatic carbocycles. The minimum absolute atomic E-state index is 0.00819. The zero-order valence-corrected chi connectivity index (χ0v) is 12.3. The average molecular weight is 322 g/mol. The number of non-ortho nitro benzene ring substituents is 1. The first-order valence-corrected chi connectivity index (χ1v) is 8.20. The molecule has 2 aromatic rings. The fraction of sp³-hybridized carbons (Fsp3) is 0.308. The Bertz CT molecular complexity index is 798. The van der Waals surface area contributed by atoms with Crippen LogP contribution in [0.25, 0.3) is 0 Å². The molecule has 108 valence electrons. The molecular weight excluding hydrogens is 312 g/mol. The lowest BCUT2D eigenvalue weighted by Gasteiger charge is -2.35. The largest absolute Gasteiger partial charge is 0.493 e. The summed E-state index contributed by atoms with van der Waals surface area (Å²) in [5, 5.41) is 11.9. The number of thioether (sulfide) groups is 1. The highest BCUT2D eigenvalue weighted by molar-refractivity contribution is 7.99. The summed E-state index contributed by atoms with van der Waals surface area (Å²) in [7, 11) is 0. The summed E-state index contributed by atoms with van der Waals surface area (Å²) < 4.78 is 5.73. The van der Waals surface area contributed by atoms with Gasteiger partial charge in [0.2, 0.25) is 0 Å². The van der Waals surface area contributed by atoms with Crippen LogP contribution in [0.2, 0.25) is 0 Å². The number of nitrogens with zero attached hydrogens (tertiary/aromatic N) is 1. The topological polar surface area (TPSA) is 85.2 Å². The van der Waals surface area contributed by atoms with Gasteiger partial charge in [0.15, 0.2) is 0 Å². The van der Waals surface area contributed by atoms with Crippen LogP contribution in [0.5, 0.6) is 5.75 Å². The quantitative estimate of drug-likeness (QED) is 0.644. The van der Waals surface area contributed by atoms with Crippen molar-refractivity contribution in [2.24, 2.45) is 5.92 Å².